The number of carbonyl (C=O) groups is 1. The van der Waals surface area contributed by atoms with Crippen molar-refractivity contribution >= 4 is 5.78 Å². The summed E-state index contributed by atoms with van der Waals surface area (Å²) < 4.78 is 0. The molecule has 2 unspecified atom stereocenters. The maximum absolute atomic E-state index is 11.6. The number of hydrogen-bond acceptors (Lipinski definition) is 1. The monoisotopic (exact) mass is 196 g/mol. The van der Waals surface area contributed by atoms with Gasteiger partial charge in [0.05, 0.1) is 0 Å². The van der Waals surface area contributed by atoms with E-state index in [1.54, 1.807) is 0 Å². The van der Waals surface area contributed by atoms with E-state index in [0.29, 0.717) is 17.1 Å². The van der Waals surface area contributed by atoms with Crippen LogP contribution in [-0.2, 0) is 4.79 Å². The second-order valence-corrected chi connectivity index (χ2v) is 6.12. The van der Waals surface area contributed by atoms with Crippen molar-refractivity contribution in [1.82, 2.24) is 0 Å². The average molecular weight is 196 g/mol. The van der Waals surface area contributed by atoms with Crippen LogP contribution in [0.15, 0.2) is 0 Å². The van der Waals surface area contributed by atoms with Gasteiger partial charge in [-0.15, -0.1) is 0 Å². The molecule has 1 heteroatoms. The highest BCUT2D eigenvalue weighted by atomic mass is 16.1. The lowest BCUT2D eigenvalue weighted by Gasteiger charge is -2.33. The predicted molar refractivity (Wildman–Crippen MR) is 60.2 cm³/mol. The summed E-state index contributed by atoms with van der Waals surface area (Å²) in [5.41, 5.74) is 0.306. The molecule has 2 atom stereocenters. The zero-order valence-electron chi connectivity index (χ0n) is 10.1. The van der Waals surface area contributed by atoms with Gasteiger partial charge in [0, 0.05) is 12.8 Å². The molecule has 1 saturated carbocycles. The van der Waals surface area contributed by atoms with Crippen LogP contribution in [0.1, 0.15) is 59.8 Å². The molecule has 0 radical (unpaired) electrons. The third kappa shape index (κ3) is 3.81. The normalized spacial score (nSPS) is 27.1. The van der Waals surface area contributed by atoms with Gasteiger partial charge < -0.3 is 0 Å². The van der Waals surface area contributed by atoms with Gasteiger partial charge in [-0.2, -0.15) is 0 Å². The summed E-state index contributed by atoms with van der Waals surface area (Å²) in [6, 6.07) is 0. The largest absolute Gasteiger partial charge is 0.300 e. The number of carbonyl (C=O) groups excluding carboxylic acids is 1. The maximum Gasteiger partial charge on any atom is 0.133 e. The van der Waals surface area contributed by atoms with Crippen LogP contribution in [0.5, 0.6) is 0 Å². The van der Waals surface area contributed by atoms with Crippen molar-refractivity contribution in [2.75, 3.05) is 0 Å². The Labute approximate surface area is 88.3 Å². The number of rotatable bonds is 4. The fourth-order valence-electron chi connectivity index (χ4n) is 1.95. The quantitative estimate of drug-likeness (QED) is 0.668. The molecule has 0 bridgehead atoms. The number of hydrogen-bond donors (Lipinski definition) is 0. The lowest BCUT2D eigenvalue weighted by Crippen LogP contribution is -2.25. The molecule has 82 valence electrons. The molecule has 0 aromatic rings. The fraction of sp³-hybridized carbons (Fsp3) is 0.923. The maximum atomic E-state index is 11.6. The van der Waals surface area contributed by atoms with Gasteiger partial charge in [-0.1, -0.05) is 34.1 Å². The molecule has 0 amide bonds. The van der Waals surface area contributed by atoms with Crippen molar-refractivity contribution in [2.45, 2.75) is 59.8 Å². The van der Waals surface area contributed by atoms with Crippen LogP contribution in [0.2, 0.25) is 0 Å². The van der Waals surface area contributed by atoms with Gasteiger partial charge in [-0.3, -0.25) is 4.79 Å². The van der Waals surface area contributed by atoms with E-state index in [1.165, 1.54) is 12.8 Å². The van der Waals surface area contributed by atoms with Crippen LogP contribution in [0.25, 0.3) is 0 Å². The molecule has 0 heterocycles. The summed E-state index contributed by atoms with van der Waals surface area (Å²) in [7, 11) is 0. The summed E-state index contributed by atoms with van der Waals surface area (Å²) >= 11 is 0. The number of ketones is 1. The fourth-order valence-corrected chi connectivity index (χ4v) is 1.95. The first kappa shape index (κ1) is 11.7. The molecular formula is C13H24O. The zero-order valence-corrected chi connectivity index (χ0v) is 10.1. The number of Topliss-reactive ketones (excluding diaryl/α,β-unsaturated/α-hetero) is 1. The van der Waals surface area contributed by atoms with E-state index >= 15 is 0 Å². The standard InChI is InChI=1S/C13H24O/c1-10-5-6-11(10)9-12(14)7-8-13(2,3)4/h10-11H,5-9H2,1-4H3. The van der Waals surface area contributed by atoms with Gasteiger partial charge in [-0.25, -0.2) is 0 Å². The van der Waals surface area contributed by atoms with E-state index in [9.17, 15) is 4.79 Å². The van der Waals surface area contributed by atoms with Crippen molar-refractivity contribution in [3.8, 4) is 0 Å². The lowest BCUT2D eigenvalue weighted by molar-refractivity contribution is -0.121. The Hall–Kier alpha value is -0.330. The summed E-state index contributed by atoms with van der Waals surface area (Å²) in [4.78, 5) is 11.6. The molecule has 0 aromatic carbocycles. The van der Waals surface area contributed by atoms with Crippen LogP contribution < -0.4 is 0 Å². The molecule has 1 fully saturated rings. The topological polar surface area (TPSA) is 17.1 Å². The van der Waals surface area contributed by atoms with Crippen molar-refractivity contribution in [2.24, 2.45) is 17.3 Å². The highest BCUT2D eigenvalue weighted by molar-refractivity contribution is 5.78. The highest BCUT2D eigenvalue weighted by Gasteiger charge is 2.28. The van der Waals surface area contributed by atoms with Crippen LogP contribution in [-0.4, -0.2) is 5.78 Å². The van der Waals surface area contributed by atoms with Crippen molar-refractivity contribution < 1.29 is 4.79 Å². The Balaban J connectivity index is 2.16. The van der Waals surface area contributed by atoms with Crippen LogP contribution in [0, 0.1) is 17.3 Å². The third-order valence-corrected chi connectivity index (χ3v) is 3.44. The minimum Gasteiger partial charge on any atom is -0.300 e. The summed E-state index contributed by atoms with van der Waals surface area (Å²) in [5.74, 6) is 1.99. The molecule has 1 aliphatic carbocycles. The molecule has 1 aliphatic rings. The van der Waals surface area contributed by atoms with Gasteiger partial charge in [-0.05, 0) is 30.1 Å². The van der Waals surface area contributed by atoms with Crippen LogP contribution in [0.3, 0.4) is 0 Å². The van der Waals surface area contributed by atoms with E-state index in [0.717, 1.165) is 25.2 Å². The molecule has 1 rings (SSSR count). The predicted octanol–water partition coefficient (Wildman–Crippen LogP) is 3.82. The van der Waals surface area contributed by atoms with Crippen molar-refractivity contribution in [1.29, 1.82) is 0 Å². The van der Waals surface area contributed by atoms with E-state index in [2.05, 4.69) is 27.7 Å². The Morgan fingerprint density at radius 2 is 1.93 bits per heavy atom. The molecule has 0 aliphatic heterocycles. The third-order valence-electron chi connectivity index (χ3n) is 3.44. The van der Waals surface area contributed by atoms with E-state index in [1.807, 2.05) is 0 Å². The molecule has 0 spiro atoms. The smallest absolute Gasteiger partial charge is 0.133 e. The Morgan fingerprint density at radius 3 is 2.29 bits per heavy atom. The van der Waals surface area contributed by atoms with Gasteiger partial charge in [0.25, 0.3) is 0 Å². The minimum atomic E-state index is 0.306. The van der Waals surface area contributed by atoms with Crippen LogP contribution >= 0.6 is 0 Å². The molecule has 0 saturated heterocycles. The molecule has 0 aromatic heterocycles. The van der Waals surface area contributed by atoms with Crippen molar-refractivity contribution in [3.63, 3.8) is 0 Å². The first-order chi connectivity index (χ1) is 6.38. The van der Waals surface area contributed by atoms with E-state index < -0.39 is 0 Å². The molecular weight excluding hydrogens is 172 g/mol. The summed E-state index contributed by atoms with van der Waals surface area (Å²) in [6.45, 7) is 8.87. The zero-order chi connectivity index (χ0) is 10.8. The van der Waals surface area contributed by atoms with Gasteiger partial charge in [0.2, 0.25) is 0 Å². The first-order valence-electron chi connectivity index (χ1n) is 5.90. The molecule has 0 N–H and O–H groups in total. The summed E-state index contributed by atoms with van der Waals surface area (Å²) in [6.07, 6.45) is 5.27. The van der Waals surface area contributed by atoms with Gasteiger partial charge in [0.1, 0.15) is 5.78 Å². The Kier molecular flexibility index (Phi) is 3.74. The Bertz CT molecular complexity index is 200. The molecule has 14 heavy (non-hydrogen) atoms. The van der Waals surface area contributed by atoms with Gasteiger partial charge in [0.15, 0.2) is 0 Å². The lowest BCUT2D eigenvalue weighted by atomic mass is 9.72. The van der Waals surface area contributed by atoms with E-state index in [4.69, 9.17) is 0 Å². The van der Waals surface area contributed by atoms with Gasteiger partial charge >= 0.3 is 0 Å². The molecule has 1 nitrogen and oxygen atoms in total. The van der Waals surface area contributed by atoms with Crippen molar-refractivity contribution in [3.05, 3.63) is 0 Å². The second-order valence-electron chi connectivity index (χ2n) is 6.12. The van der Waals surface area contributed by atoms with Crippen LogP contribution in [0.4, 0.5) is 0 Å². The second kappa shape index (κ2) is 4.46. The first-order valence-corrected chi connectivity index (χ1v) is 5.90. The Morgan fingerprint density at radius 1 is 1.29 bits per heavy atom. The minimum absolute atomic E-state index is 0.306. The van der Waals surface area contributed by atoms with E-state index in [-0.39, 0.29) is 0 Å². The average Bonchev–Trinajstić information content (AvgIpc) is 2.07. The SMILES string of the molecule is CC1CCC1CC(=O)CCC(C)(C)C. The highest BCUT2D eigenvalue weighted by Crippen LogP contribution is 2.36. The summed E-state index contributed by atoms with van der Waals surface area (Å²) in [5, 5.41) is 0.